The van der Waals surface area contributed by atoms with E-state index in [0.717, 1.165) is 18.6 Å². The van der Waals surface area contributed by atoms with Crippen molar-refractivity contribution < 1.29 is 4.74 Å². The van der Waals surface area contributed by atoms with E-state index < -0.39 is 0 Å². The van der Waals surface area contributed by atoms with Crippen molar-refractivity contribution in [1.29, 1.82) is 0 Å². The van der Waals surface area contributed by atoms with Gasteiger partial charge in [-0.05, 0) is 25.3 Å². The van der Waals surface area contributed by atoms with Gasteiger partial charge >= 0.3 is 0 Å². The molecule has 2 nitrogen and oxygen atoms in total. The molecular weight excluding hydrogens is 150 g/mol. The molecule has 70 valence electrons. The van der Waals surface area contributed by atoms with Crippen LogP contribution in [-0.2, 0) is 4.74 Å². The average Bonchev–Trinajstić information content (AvgIpc) is 2.78. The van der Waals surface area contributed by atoms with Crippen molar-refractivity contribution >= 4 is 0 Å². The first-order chi connectivity index (χ1) is 5.81. The zero-order valence-corrected chi connectivity index (χ0v) is 8.12. The van der Waals surface area contributed by atoms with Gasteiger partial charge in [0.2, 0.25) is 0 Å². The monoisotopic (exact) mass is 169 g/mol. The van der Waals surface area contributed by atoms with Gasteiger partial charge in [0.05, 0.1) is 12.7 Å². The maximum absolute atomic E-state index is 5.26. The number of likely N-dealkylation sites (tertiary alicyclic amines) is 1. The van der Waals surface area contributed by atoms with Gasteiger partial charge in [0.25, 0.3) is 0 Å². The molecule has 2 aliphatic rings. The SMILES string of the molecule is CCC1C(C)CCN1C[C@@H]1CO1. The highest BCUT2D eigenvalue weighted by Gasteiger charge is 2.34. The fourth-order valence-electron chi connectivity index (χ4n) is 2.41. The Bertz CT molecular complexity index is 156. The summed E-state index contributed by atoms with van der Waals surface area (Å²) in [5.74, 6) is 0.897. The third kappa shape index (κ3) is 1.64. The summed E-state index contributed by atoms with van der Waals surface area (Å²) >= 11 is 0. The van der Waals surface area contributed by atoms with Crippen molar-refractivity contribution in [2.45, 2.75) is 38.8 Å². The van der Waals surface area contributed by atoms with Crippen molar-refractivity contribution in [3.05, 3.63) is 0 Å². The first-order valence-electron chi connectivity index (χ1n) is 5.17. The zero-order valence-electron chi connectivity index (χ0n) is 8.12. The molecule has 2 heterocycles. The summed E-state index contributed by atoms with van der Waals surface area (Å²) < 4.78 is 5.26. The zero-order chi connectivity index (χ0) is 8.55. The van der Waals surface area contributed by atoms with Crippen LogP contribution in [0, 0.1) is 5.92 Å². The highest BCUT2D eigenvalue weighted by Crippen LogP contribution is 2.27. The molecule has 0 aromatic carbocycles. The molecule has 2 saturated heterocycles. The number of rotatable bonds is 3. The second-order valence-electron chi connectivity index (χ2n) is 4.19. The molecule has 0 spiro atoms. The van der Waals surface area contributed by atoms with Gasteiger partial charge in [0.15, 0.2) is 0 Å². The molecule has 2 heteroatoms. The largest absolute Gasteiger partial charge is 0.372 e. The summed E-state index contributed by atoms with van der Waals surface area (Å²) in [4.78, 5) is 2.61. The summed E-state index contributed by atoms with van der Waals surface area (Å²) in [6, 6.07) is 0.828. The Morgan fingerprint density at radius 2 is 2.25 bits per heavy atom. The number of nitrogens with zero attached hydrogens (tertiary/aromatic N) is 1. The number of hydrogen-bond acceptors (Lipinski definition) is 2. The molecule has 2 fully saturated rings. The van der Waals surface area contributed by atoms with Crippen molar-refractivity contribution in [1.82, 2.24) is 4.90 Å². The van der Waals surface area contributed by atoms with Crippen LogP contribution >= 0.6 is 0 Å². The van der Waals surface area contributed by atoms with Crippen molar-refractivity contribution in [3.8, 4) is 0 Å². The van der Waals surface area contributed by atoms with E-state index in [4.69, 9.17) is 4.74 Å². The Kier molecular flexibility index (Phi) is 2.37. The van der Waals surface area contributed by atoms with Crippen LogP contribution in [0.5, 0.6) is 0 Å². The lowest BCUT2D eigenvalue weighted by atomic mass is 10.0. The predicted molar refractivity (Wildman–Crippen MR) is 49.2 cm³/mol. The van der Waals surface area contributed by atoms with Crippen LogP contribution < -0.4 is 0 Å². The third-order valence-electron chi connectivity index (χ3n) is 3.26. The van der Waals surface area contributed by atoms with Crippen LogP contribution in [0.2, 0.25) is 0 Å². The van der Waals surface area contributed by atoms with Crippen LogP contribution in [0.4, 0.5) is 0 Å². The topological polar surface area (TPSA) is 15.8 Å². The summed E-state index contributed by atoms with van der Waals surface area (Å²) in [5.41, 5.74) is 0. The highest BCUT2D eigenvalue weighted by atomic mass is 16.6. The quantitative estimate of drug-likeness (QED) is 0.595. The van der Waals surface area contributed by atoms with Gasteiger partial charge in [0.1, 0.15) is 0 Å². The molecule has 12 heavy (non-hydrogen) atoms. The van der Waals surface area contributed by atoms with Crippen LogP contribution in [0.3, 0.4) is 0 Å². The highest BCUT2D eigenvalue weighted by molar-refractivity contribution is 4.87. The lowest BCUT2D eigenvalue weighted by molar-refractivity contribution is 0.204. The maximum atomic E-state index is 5.26. The molecule has 2 unspecified atom stereocenters. The normalized spacial score (nSPS) is 42.0. The lowest BCUT2D eigenvalue weighted by Gasteiger charge is -2.24. The maximum Gasteiger partial charge on any atom is 0.0936 e. The molecule has 0 aromatic heterocycles. The van der Waals surface area contributed by atoms with Crippen LogP contribution in [0.15, 0.2) is 0 Å². The summed E-state index contributed by atoms with van der Waals surface area (Å²) in [7, 11) is 0. The van der Waals surface area contributed by atoms with E-state index in [1.165, 1.54) is 25.9 Å². The van der Waals surface area contributed by atoms with Gasteiger partial charge in [-0.15, -0.1) is 0 Å². The van der Waals surface area contributed by atoms with Gasteiger partial charge in [-0.25, -0.2) is 0 Å². The Hall–Kier alpha value is -0.0800. The fourth-order valence-corrected chi connectivity index (χ4v) is 2.41. The Labute approximate surface area is 74.9 Å². The Morgan fingerprint density at radius 1 is 1.50 bits per heavy atom. The molecule has 3 atom stereocenters. The Balaban J connectivity index is 1.86. The van der Waals surface area contributed by atoms with E-state index in [0.29, 0.717) is 6.10 Å². The molecule has 2 aliphatic heterocycles. The standard InChI is InChI=1S/C10H19NO/c1-3-10-8(2)4-5-11(10)6-9-7-12-9/h8-10H,3-7H2,1-2H3/t8?,9-,10?/m1/s1. The van der Waals surface area contributed by atoms with E-state index in [9.17, 15) is 0 Å². The average molecular weight is 169 g/mol. The molecular formula is C10H19NO. The van der Waals surface area contributed by atoms with Crippen molar-refractivity contribution in [2.75, 3.05) is 19.7 Å². The number of ether oxygens (including phenoxy) is 1. The van der Waals surface area contributed by atoms with E-state index in [2.05, 4.69) is 18.7 Å². The molecule has 0 amide bonds. The van der Waals surface area contributed by atoms with E-state index in [1.54, 1.807) is 0 Å². The number of hydrogen-bond donors (Lipinski definition) is 0. The van der Waals surface area contributed by atoms with E-state index >= 15 is 0 Å². The molecule has 0 radical (unpaired) electrons. The molecule has 0 bridgehead atoms. The van der Waals surface area contributed by atoms with E-state index in [1.807, 2.05) is 0 Å². The minimum atomic E-state index is 0.573. The first-order valence-corrected chi connectivity index (χ1v) is 5.17. The van der Waals surface area contributed by atoms with Crippen molar-refractivity contribution in [2.24, 2.45) is 5.92 Å². The molecule has 0 aliphatic carbocycles. The van der Waals surface area contributed by atoms with Gasteiger partial charge in [0, 0.05) is 12.6 Å². The summed E-state index contributed by atoms with van der Waals surface area (Å²) in [5, 5.41) is 0. The smallest absolute Gasteiger partial charge is 0.0936 e. The molecule has 0 N–H and O–H groups in total. The second kappa shape index (κ2) is 3.35. The summed E-state index contributed by atoms with van der Waals surface area (Å²) in [6.07, 6.45) is 3.25. The second-order valence-corrected chi connectivity index (χ2v) is 4.19. The van der Waals surface area contributed by atoms with Gasteiger partial charge in [-0.2, -0.15) is 0 Å². The minimum Gasteiger partial charge on any atom is -0.372 e. The van der Waals surface area contributed by atoms with Crippen LogP contribution in [0.1, 0.15) is 26.7 Å². The van der Waals surface area contributed by atoms with E-state index in [-0.39, 0.29) is 0 Å². The Morgan fingerprint density at radius 3 is 2.83 bits per heavy atom. The summed E-state index contributed by atoms with van der Waals surface area (Å²) in [6.45, 7) is 8.15. The molecule has 0 saturated carbocycles. The minimum absolute atomic E-state index is 0.573. The van der Waals surface area contributed by atoms with Gasteiger partial charge in [-0.1, -0.05) is 13.8 Å². The van der Waals surface area contributed by atoms with Gasteiger partial charge in [-0.3, -0.25) is 4.90 Å². The molecule has 2 rings (SSSR count). The first kappa shape index (κ1) is 8.52. The number of epoxide rings is 1. The van der Waals surface area contributed by atoms with Gasteiger partial charge < -0.3 is 4.74 Å². The lowest BCUT2D eigenvalue weighted by Crippen LogP contribution is -2.34. The fraction of sp³-hybridized carbons (Fsp3) is 1.00. The van der Waals surface area contributed by atoms with Crippen LogP contribution in [-0.4, -0.2) is 36.7 Å². The van der Waals surface area contributed by atoms with Crippen molar-refractivity contribution in [3.63, 3.8) is 0 Å². The predicted octanol–water partition coefficient (Wildman–Crippen LogP) is 1.51. The molecule has 0 aromatic rings. The van der Waals surface area contributed by atoms with Crippen LogP contribution in [0.25, 0.3) is 0 Å². The third-order valence-corrected chi connectivity index (χ3v) is 3.26.